The van der Waals surface area contributed by atoms with Gasteiger partial charge in [-0.3, -0.25) is 9.69 Å². The Morgan fingerprint density at radius 3 is 2.58 bits per heavy atom. The second kappa shape index (κ2) is 11.0. The number of carboxylic acids is 1. The first-order valence-corrected chi connectivity index (χ1v) is 12.8. The molecule has 3 nitrogen and oxygen atoms in total. The molecule has 1 aliphatic rings. The minimum atomic E-state index is -0.675. The van der Waals surface area contributed by atoms with E-state index >= 15 is 0 Å². The predicted molar refractivity (Wildman–Crippen MR) is 131 cm³/mol. The molecule has 0 aliphatic carbocycles. The zero-order chi connectivity index (χ0) is 21.5. The van der Waals surface area contributed by atoms with Gasteiger partial charge >= 0.3 is 5.97 Å². The van der Waals surface area contributed by atoms with Crippen molar-refractivity contribution in [1.82, 2.24) is 4.90 Å². The Hall–Kier alpha value is -2.08. The Balaban J connectivity index is 1.30. The minimum Gasteiger partial charge on any atom is -0.481 e. The van der Waals surface area contributed by atoms with Crippen LogP contribution in [0.1, 0.15) is 30.4 Å². The highest BCUT2D eigenvalue weighted by molar-refractivity contribution is 7.99. The van der Waals surface area contributed by atoms with E-state index in [0.29, 0.717) is 13.1 Å². The lowest BCUT2D eigenvalue weighted by Crippen LogP contribution is -2.49. The van der Waals surface area contributed by atoms with E-state index in [4.69, 9.17) is 5.11 Å². The lowest BCUT2D eigenvalue weighted by Gasteiger charge is -2.36. The summed E-state index contributed by atoms with van der Waals surface area (Å²) < 4.78 is 0. The average molecular weight is 452 g/mol. The number of carboxylic acid groups (broad SMARTS) is 1. The fourth-order valence-corrected chi connectivity index (χ4v) is 5.85. The van der Waals surface area contributed by atoms with Crippen molar-refractivity contribution in [3.63, 3.8) is 0 Å². The maximum absolute atomic E-state index is 11.0. The maximum atomic E-state index is 11.0. The summed E-state index contributed by atoms with van der Waals surface area (Å²) in [6, 6.07) is 21.8. The SMILES string of the molecule is O=C(O)C1CN(Cc2ccc(SCCCCCc3ccccc3)c(-c3cccs3)c2)C1. The number of unbranched alkanes of at least 4 members (excludes halogenated alkanes) is 2. The lowest BCUT2D eigenvalue weighted by molar-refractivity contribution is -0.147. The third-order valence-corrected chi connectivity index (χ3v) is 7.82. The first-order chi connectivity index (χ1) is 15.2. The van der Waals surface area contributed by atoms with E-state index in [1.165, 1.54) is 52.1 Å². The molecule has 162 valence electrons. The van der Waals surface area contributed by atoms with Crippen molar-refractivity contribution in [1.29, 1.82) is 0 Å². The van der Waals surface area contributed by atoms with Crippen LogP contribution in [-0.2, 0) is 17.8 Å². The van der Waals surface area contributed by atoms with Gasteiger partial charge in [-0.15, -0.1) is 23.1 Å². The van der Waals surface area contributed by atoms with Crippen molar-refractivity contribution >= 4 is 29.1 Å². The van der Waals surface area contributed by atoms with Crippen LogP contribution in [-0.4, -0.2) is 34.8 Å². The Kier molecular flexibility index (Phi) is 7.84. The van der Waals surface area contributed by atoms with Crippen molar-refractivity contribution in [3.8, 4) is 10.4 Å². The second-order valence-electron chi connectivity index (χ2n) is 8.18. The normalized spacial score (nSPS) is 14.5. The van der Waals surface area contributed by atoms with E-state index in [9.17, 15) is 4.79 Å². The van der Waals surface area contributed by atoms with Gasteiger partial charge in [-0.2, -0.15) is 0 Å². The summed E-state index contributed by atoms with van der Waals surface area (Å²) >= 11 is 3.74. The summed E-state index contributed by atoms with van der Waals surface area (Å²) in [5.41, 5.74) is 4.01. The maximum Gasteiger partial charge on any atom is 0.309 e. The third-order valence-electron chi connectivity index (χ3n) is 5.75. The smallest absolute Gasteiger partial charge is 0.309 e. The van der Waals surface area contributed by atoms with Gasteiger partial charge in [0.25, 0.3) is 0 Å². The van der Waals surface area contributed by atoms with Crippen molar-refractivity contribution < 1.29 is 9.90 Å². The first kappa shape index (κ1) is 22.1. The molecule has 0 radical (unpaired) electrons. The van der Waals surface area contributed by atoms with Gasteiger partial charge in [0.2, 0.25) is 0 Å². The fraction of sp³-hybridized carbons (Fsp3) is 0.346. The number of aliphatic carboxylic acids is 1. The van der Waals surface area contributed by atoms with E-state index in [1.807, 2.05) is 11.8 Å². The summed E-state index contributed by atoms with van der Waals surface area (Å²) in [7, 11) is 0. The molecule has 2 aromatic carbocycles. The van der Waals surface area contributed by atoms with Crippen LogP contribution in [0.25, 0.3) is 10.4 Å². The molecular formula is C26H29NO2S2. The largest absolute Gasteiger partial charge is 0.481 e. The van der Waals surface area contributed by atoms with E-state index in [-0.39, 0.29) is 5.92 Å². The molecule has 1 fully saturated rings. The van der Waals surface area contributed by atoms with Crippen LogP contribution in [0, 0.1) is 5.92 Å². The first-order valence-electron chi connectivity index (χ1n) is 11.0. The Morgan fingerprint density at radius 2 is 1.84 bits per heavy atom. The molecule has 1 saturated heterocycles. The molecule has 0 saturated carbocycles. The molecule has 0 spiro atoms. The Bertz CT molecular complexity index is 966. The number of thioether (sulfide) groups is 1. The molecule has 0 unspecified atom stereocenters. The summed E-state index contributed by atoms with van der Waals surface area (Å²) in [6.07, 6.45) is 4.90. The number of likely N-dealkylation sites (tertiary alicyclic amines) is 1. The van der Waals surface area contributed by atoms with Crippen LogP contribution in [0.5, 0.6) is 0 Å². The molecule has 31 heavy (non-hydrogen) atoms. The number of nitrogens with zero attached hydrogens (tertiary/aromatic N) is 1. The molecule has 5 heteroatoms. The molecule has 0 atom stereocenters. The number of benzene rings is 2. The number of thiophene rings is 1. The van der Waals surface area contributed by atoms with E-state index in [2.05, 4.69) is 70.9 Å². The van der Waals surface area contributed by atoms with E-state index in [0.717, 1.165) is 12.3 Å². The van der Waals surface area contributed by atoms with Crippen LogP contribution in [0.3, 0.4) is 0 Å². The van der Waals surface area contributed by atoms with Gasteiger partial charge in [-0.05, 0) is 59.7 Å². The van der Waals surface area contributed by atoms with Gasteiger partial charge in [0.05, 0.1) is 5.92 Å². The number of hydrogen-bond acceptors (Lipinski definition) is 4. The second-order valence-corrected chi connectivity index (χ2v) is 10.3. The van der Waals surface area contributed by atoms with E-state index < -0.39 is 5.97 Å². The molecule has 1 aromatic heterocycles. The van der Waals surface area contributed by atoms with Crippen LogP contribution >= 0.6 is 23.1 Å². The number of carbonyl (C=O) groups is 1. The summed E-state index contributed by atoms with van der Waals surface area (Å²) in [4.78, 5) is 15.9. The molecular weight excluding hydrogens is 422 g/mol. The van der Waals surface area contributed by atoms with Gasteiger partial charge < -0.3 is 5.11 Å². The highest BCUT2D eigenvalue weighted by atomic mass is 32.2. The monoisotopic (exact) mass is 451 g/mol. The summed E-state index contributed by atoms with van der Waals surface area (Å²) in [5, 5.41) is 11.2. The summed E-state index contributed by atoms with van der Waals surface area (Å²) in [5.74, 6) is 0.262. The quantitative estimate of drug-likeness (QED) is 0.269. The average Bonchev–Trinajstić information content (AvgIpc) is 3.28. The van der Waals surface area contributed by atoms with Gasteiger partial charge in [0, 0.05) is 35.0 Å². The van der Waals surface area contributed by atoms with Crippen LogP contribution < -0.4 is 0 Å². The van der Waals surface area contributed by atoms with Crippen molar-refractivity contribution in [2.45, 2.75) is 37.1 Å². The molecule has 3 aromatic rings. The molecule has 0 bridgehead atoms. The zero-order valence-corrected chi connectivity index (χ0v) is 19.3. The molecule has 1 N–H and O–H groups in total. The van der Waals surface area contributed by atoms with Gasteiger partial charge in [-0.1, -0.05) is 48.9 Å². The third kappa shape index (κ3) is 6.22. The molecule has 1 aliphatic heterocycles. The highest BCUT2D eigenvalue weighted by Gasteiger charge is 2.32. The molecule has 0 amide bonds. The molecule has 4 rings (SSSR count). The summed E-state index contributed by atoms with van der Waals surface area (Å²) in [6.45, 7) is 2.14. The lowest BCUT2D eigenvalue weighted by atomic mass is 9.99. The Morgan fingerprint density at radius 1 is 1.00 bits per heavy atom. The highest BCUT2D eigenvalue weighted by Crippen LogP contribution is 2.36. The number of rotatable bonds is 11. The van der Waals surface area contributed by atoms with Crippen LogP contribution in [0.2, 0.25) is 0 Å². The topological polar surface area (TPSA) is 40.5 Å². The van der Waals surface area contributed by atoms with Crippen molar-refractivity contribution in [2.75, 3.05) is 18.8 Å². The van der Waals surface area contributed by atoms with Crippen molar-refractivity contribution in [2.24, 2.45) is 5.92 Å². The van der Waals surface area contributed by atoms with Crippen LogP contribution in [0.4, 0.5) is 0 Å². The van der Waals surface area contributed by atoms with Gasteiger partial charge in [0.1, 0.15) is 0 Å². The number of aryl methyl sites for hydroxylation is 1. The fourth-order valence-electron chi connectivity index (χ4n) is 3.97. The minimum absolute atomic E-state index is 0.200. The standard InChI is InChI=1S/C26H29NO2S2/c28-26(29)22-18-27(19-22)17-21-12-13-25(23(16-21)24-11-7-15-31-24)30-14-6-2-5-10-20-8-3-1-4-9-20/h1,3-4,7-9,11-13,15-16,22H,2,5-6,10,14,17-19H2,(H,28,29). The zero-order valence-electron chi connectivity index (χ0n) is 17.7. The van der Waals surface area contributed by atoms with Gasteiger partial charge in [0.15, 0.2) is 0 Å². The van der Waals surface area contributed by atoms with E-state index in [1.54, 1.807) is 11.3 Å². The van der Waals surface area contributed by atoms with Gasteiger partial charge in [-0.25, -0.2) is 0 Å². The Labute approximate surface area is 193 Å². The van der Waals surface area contributed by atoms with Crippen molar-refractivity contribution in [3.05, 3.63) is 77.2 Å². The van der Waals surface area contributed by atoms with Crippen LogP contribution in [0.15, 0.2) is 70.9 Å². The number of hydrogen-bond donors (Lipinski definition) is 1. The molecule has 2 heterocycles. The predicted octanol–water partition coefficient (Wildman–Crippen LogP) is 6.44.